The van der Waals surface area contributed by atoms with Crippen molar-refractivity contribution >= 4 is 10.9 Å². The number of fused-ring (bicyclic) bond motifs is 1. The van der Waals surface area contributed by atoms with Crippen LogP contribution in [0.5, 0.6) is 5.88 Å². The van der Waals surface area contributed by atoms with Crippen molar-refractivity contribution in [2.75, 3.05) is 13.7 Å². The molecule has 2 aromatic heterocycles. The summed E-state index contributed by atoms with van der Waals surface area (Å²) in [6.45, 7) is 5.90. The highest BCUT2D eigenvalue weighted by atomic mass is 19.1. The van der Waals surface area contributed by atoms with Gasteiger partial charge in [-0.2, -0.15) is 0 Å². The molecule has 150 valence electrons. The predicted molar refractivity (Wildman–Crippen MR) is 101 cm³/mol. The number of pyridine rings is 1. The first-order valence-corrected chi connectivity index (χ1v) is 8.49. The molecular formula is C19H22FN3O5. The first kappa shape index (κ1) is 21.1. The van der Waals surface area contributed by atoms with Crippen LogP contribution in [0, 0.1) is 29.8 Å². The molecule has 28 heavy (non-hydrogen) atoms. The molecule has 0 unspecified atom stereocenters. The summed E-state index contributed by atoms with van der Waals surface area (Å²) in [6, 6.07) is 8.31. The van der Waals surface area contributed by atoms with Gasteiger partial charge < -0.3 is 19.2 Å². The predicted octanol–water partition coefficient (Wildman–Crippen LogP) is 3.67. The summed E-state index contributed by atoms with van der Waals surface area (Å²) in [5, 5.41) is 14.8. The molecule has 0 fully saturated rings. The maximum absolute atomic E-state index is 13.0. The summed E-state index contributed by atoms with van der Waals surface area (Å²) < 4.78 is 26.4. The Labute approximate surface area is 161 Å². The molecule has 8 nitrogen and oxygen atoms in total. The van der Waals surface area contributed by atoms with Crippen LogP contribution in [0.4, 0.5) is 4.39 Å². The SMILES string of the molecule is COCCn1c(C)c(C)c2ccnc(OCc3ccc(F)cc3)c21.O=[N+]([O-])O. The van der Waals surface area contributed by atoms with Crippen LogP contribution in [0.15, 0.2) is 36.5 Å². The number of hydrogen-bond donors (Lipinski definition) is 1. The van der Waals surface area contributed by atoms with Gasteiger partial charge in [-0.1, -0.05) is 12.1 Å². The maximum Gasteiger partial charge on any atom is 0.291 e. The molecule has 0 spiro atoms. The van der Waals surface area contributed by atoms with Gasteiger partial charge >= 0.3 is 0 Å². The summed E-state index contributed by atoms with van der Waals surface area (Å²) in [4.78, 5) is 12.8. The van der Waals surface area contributed by atoms with Crippen LogP contribution in [-0.2, 0) is 17.9 Å². The van der Waals surface area contributed by atoms with E-state index < -0.39 is 5.09 Å². The number of halogens is 1. The van der Waals surface area contributed by atoms with E-state index in [0.717, 1.165) is 23.0 Å². The zero-order valence-electron chi connectivity index (χ0n) is 15.9. The second-order valence-electron chi connectivity index (χ2n) is 6.02. The molecule has 2 heterocycles. The summed E-state index contributed by atoms with van der Waals surface area (Å²) in [7, 11) is 1.69. The van der Waals surface area contributed by atoms with Crippen molar-refractivity contribution in [3.05, 3.63) is 69.3 Å². The topological polar surface area (TPSA) is 99.7 Å². The number of benzene rings is 1. The molecule has 9 heteroatoms. The van der Waals surface area contributed by atoms with Gasteiger partial charge in [0.05, 0.1) is 6.61 Å². The number of rotatable bonds is 6. The van der Waals surface area contributed by atoms with Gasteiger partial charge in [0.25, 0.3) is 5.09 Å². The fourth-order valence-electron chi connectivity index (χ4n) is 2.86. The van der Waals surface area contributed by atoms with E-state index in [9.17, 15) is 4.39 Å². The number of aryl methyl sites for hydroxylation is 1. The average Bonchev–Trinajstić information content (AvgIpc) is 2.90. The smallest absolute Gasteiger partial charge is 0.291 e. The van der Waals surface area contributed by atoms with Crippen molar-refractivity contribution in [3.8, 4) is 5.88 Å². The van der Waals surface area contributed by atoms with Gasteiger partial charge in [-0.25, -0.2) is 9.37 Å². The third kappa shape index (κ3) is 5.17. The standard InChI is InChI=1S/C19H21FN2O2.HNO3/c1-13-14(2)22(10-11-23-3)18-17(13)8-9-21-19(18)24-12-15-4-6-16(20)7-5-15;2-1(3)4/h4-9H,10-12H2,1-3H3;(H,2,3,4). The van der Waals surface area contributed by atoms with Crippen LogP contribution in [0.3, 0.4) is 0 Å². The van der Waals surface area contributed by atoms with E-state index >= 15 is 0 Å². The second-order valence-corrected chi connectivity index (χ2v) is 6.02. The zero-order chi connectivity index (χ0) is 20.7. The molecular weight excluding hydrogens is 369 g/mol. The van der Waals surface area contributed by atoms with Crippen LogP contribution in [-0.4, -0.2) is 33.6 Å². The minimum absolute atomic E-state index is 0.251. The maximum atomic E-state index is 13.0. The van der Waals surface area contributed by atoms with E-state index in [1.165, 1.54) is 23.4 Å². The average molecular weight is 391 g/mol. The lowest BCUT2D eigenvalue weighted by atomic mass is 10.2. The van der Waals surface area contributed by atoms with Gasteiger partial charge in [0, 0.05) is 30.9 Å². The Bertz CT molecular complexity index is 937. The Hall–Kier alpha value is -3.20. The number of nitrogens with zero attached hydrogens (tertiary/aromatic N) is 3. The van der Waals surface area contributed by atoms with Gasteiger partial charge in [0.1, 0.15) is 17.9 Å². The first-order chi connectivity index (χ1) is 13.3. The van der Waals surface area contributed by atoms with Crippen molar-refractivity contribution in [2.45, 2.75) is 27.0 Å². The Balaban J connectivity index is 0.000000640. The van der Waals surface area contributed by atoms with E-state index in [0.29, 0.717) is 19.1 Å². The highest BCUT2D eigenvalue weighted by molar-refractivity contribution is 5.88. The molecule has 0 saturated carbocycles. The van der Waals surface area contributed by atoms with E-state index in [1.807, 2.05) is 6.07 Å². The lowest BCUT2D eigenvalue weighted by Gasteiger charge is -2.11. The van der Waals surface area contributed by atoms with Crippen molar-refractivity contribution in [3.63, 3.8) is 0 Å². The van der Waals surface area contributed by atoms with Crippen molar-refractivity contribution in [1.82, 2.24) is 9.55 Å². The quantitative estimate of drug-likeness (QED) is 0.508. The van der Waals surface area contributed by atoms with Gasteiger partial charge in [-0.3, -0.25) is 0 Å². The summed E-state index contributed by atoms with van der Waals surface area (Å²) in [6.07, 6.45) is 1.76. The summed E-state index contributed by atoms with van der Waals surface area (Å²) in [5.74, 6) is 0.336. The van der Waals surface area contributed by atoms with Gasteiger partial charge in [-0.15, -0.1) is 10.1 Å². The lowest BCUT2D eigenvalue weighted by Crippen LogP contribution is -2.07. The third-order valence-electron chi connectivity index (χ3n) is 4.32. The Morgan fingerprint density at radius 1 is 1.25 bits per heavy atom. The lowest BCUT2D eigenvalue weighted by molar-refractivity contribution is -0.742. The van der Waals surface area contributed by atoms with Crippen LogP contribution >= 0.6 is 0 Å². The molecule has 0 saturated heterocycles. The molecule has 3 rings (SSSR count). The van der Waals surface area contributed by atoms with Crippen LogP contribution in [0.25, 0.3) is 10.9 Å². The normalized spacial score (nSPS) is 10.4. The highest BCUT2D eigenvalue weighted by Gasteiger charge is 2.16. The minimum Gasteiger partial charge on any atom is -0.471 e. The van der Waals surface area contributed by atoms with Crippen molar-refractivity contribution in [1.29, 1.82) is 0 Å². The molecule has 1 aromatic carbocycles. The van der Waals surface area contributed by atoms with Crippen LogP contribution < -0.4 is 4.74 Å². The molecule has 0 aliphatic rings. The third-order valence-corrected chi connectivity index (χ3v) is 4.32. The number of hydrogen-bond acceptors (Lipinski definition) is 5. The fraction of sp³-hybridized carbons (Fsp3) is 0.316. The Kier molecular flexibility index (Phi) is 7.28. The summed E-state index contributed by atoms with van der Waals surface area (Å²) >= 11 is 0. The van der Waals surface area contributed by atoms with E-state index in [1.54, 1.807) is 25.4 Å². The summed E-state index contributed by atoms with van der Waals surface area (Å²) in [5.41, 5.74) is 4.28. The molecule has 1 N–H and O–H groups in total. The van der Waals surface area contributed by atoms with Crippen molar-refractivity contribution in [2.24, 2.45) is 0 Å². The Morgan fingerprint density at radius 3 is 2.50 bits per heavy atom. The van der Waals surface area contributed by atoms with Gasteiger partial charge in [0.15, 0.2) is 0 Å². The monoisotopic (exact) mass is 391 g/mol. The molecule has 0 radical (unpaired) electrons. The highest BCUT2D eigenvalue weighted by Crippen LogP contribution is 2.31. The van der Waals surface area contributed by atoms with Crippen LogP contribution in [0.2, 0.25) is 0 Å². The Morgan fingerprint density at radius 2 is 1.89 bits per heavy atom. The minimum atomic E-state index is -1.50. The van der Waals surface area contributed by atoms with Gasteiger partial charge in [-0.05, 0) is 43.2 Å². The first-order valence-electron chi connectivity index (χ1n) is 8.49. The van der Waals surface area contributed by atoms with Gasteiger partial charge in [0.2, 0.25) is 5.88 Å². The largest absolute Gasteiger partial charge is 0.471 e. The molecule has 0 amide bonds. The molecule has 0 aliphatic carbocycles. The number of aromatic nitrogens is 2. The number of methoxy groups -OCH3 is 1. The fourth-order valence-corrected chi connectivity index (χ4v) is 2.86. The molecule has 0 atom stereocenters. The molecule has 0 aliphatic heterocycles. The van der Waals surface area contributed by atoms with E-state index in [-0.39, 0.29) is 5.82 Å². The number of ether oxygens (including phenoxy) is 2. The van der Waals surface area contributed by atoms with E-state index in [4.69, 9.17) is 24.8 Å². The zero-order valence-corrected chi connectivity index (χ0v) is 15.9. The van der Waals surface area contributed by atoms with Crippen LogP contribution in [0.1, 0.15) is 16.8 Å². The van der Waals surface area contributed by atoms with Crippen molar-refractivity contribution < 1.29 is 24.2 Å². The molecule has 3 aromatic rings. The van der Waals surface area contributed by atoms with E-state index in [2.05, 4.69) is 23.4 Å². The second kappa shape index (κ2) is 9.65. The molecule has 0 bridgehead atoms.